The van der Waals surface area contributed by atoms with Gasteiger partial charge in [-0.25, -0.2) is 14.0 Å². The Labute approximate surface area is 159 Å². The predicted molar refractivity (Wildman–Crippen MR) is 95.6 cm³/mol. The smallest absolute Gasteiger partial charge is 0.330 e. The molecular weight excluding hydrogens is 379 g/mol. The molecule has 2 aromatic carbocycles. The molecule has 0 bridgehead atoms. The van der Waals surface area contributed by atoms with E-state index in [4.69, 9.17) is 28.2 Å². The van der Waals surface area contributed by atoms with Gasteiger partial charge in [-0.15, -0.1) is 0 Å². The summed E-state index contributed by atoms with van der Waals surface area (Å²) < 4.78 is 18.0. The number of nitrogens with two attached hydrogens (primary N) is 2. The van der Waals surface area contributed by atoms with Crippen LogP contribution in [0.1, 0.15) is 11.1 Å². The van der Waals surface area contributed by atoms with Crippen LogP contribution in [0.5, 0.6) is 11.5 Å². The lowest BCUT2D eigenvalue weighted by atomic mass is 10.1. The maximum Gasteiger partial charge on any atom is 0.330 e. The summed E-state index contributed by atoms with van der Waals surface area (Å²) >= 11 is 5.78. The molecule has 0 aliphatic heterocycles. The lowest BCUT2D eigenvalue weighted by molar-refractivity contribution is -0.161. The Hall–Kier alpha value is -2.68. The van der Waals surface area contributed by atoms with Gasteiger partial charge in [-0.05, 0) is 48.2 Å². The van der Waals surface area contributed by atoms with Gasteiger partial charge in [0.05, 0.1) is 5.02 Å². The first-order valence-corrected chi connectivity index (χ1v) is 8.26. The van der Waals surface area contributed by atoms with E-state index in [-0.39, 0.29) is 23.6 Å². The zero-order valence-corrected chi connectivity index (χ0v) is 14.8. The molecule has 9 heteroatoms. The Morgan fingerprint density at radius 3 is 1.93 bits per heavy atom. The molecule has 0 aromatic heterocycles. The summed E-state index contributed by atoms with van der Waals surface area (Å²) in [6, 6.07) is 5.53. The van der Waals surface area contributed by atoms with E-state index in [9.17, 15) is 19.1 Å². The minimum absolute atomic E-state index is 0.0323. The summed E-state index contributed by atoms with van der Waals surface area (Å²) in [4.78, 5) is 23.9. The summed E-state index contributed by atoms with van der Waals surface area (Å²) in [6.45, 7) is 0. The highest BCUT2D eigenvalue weighted by molar-refractivity contribution is 6.32. The Balaban J connectivity index is 1.91. The van der Waals surface area contributed by atoms with Gasteiger partial charge in [0.25, 0.3) is 0 Å². The van der Waals surface area contributed by atoms with Crippen molar-refractivity contribution in [2.45, 2.75) is 24.9 Å². The fourth-order valence-corrected chi connectivity index (χ4v) is 2.48. The SMILES string of the molecule is NC(Cc1ccc(O)c(F)c1)C(=O)OC(=O)C(N)Cc1ccc(O)c(Cl)c1. The van der Waals surface area contributed by atoms with Crippen LogP contribution in [0.25, 0.3) is 0 Å². The second-order valence-electron chi connectivity index (χ2n) is 5.93. The molecule has 6 N–H and O–H groups in total. The number of benzene rings is 2. The fraction of sp³-hybridized carbons (Fsp3) is 0.222. The second-order valence-corrected chi connectivity index (χ2v) is 6.34. The Bertz CT molecular complexity index is 792. The molecule has 2 aromatic rings. The van der Waals surface area contributed by atoms with Gasteiger partial charge in [0.1, 0.15) is 17.8 Å². The topological polar surface area (TPSA) is 136 Å². The Morgan fingerprint density at radius 2 is 1.44 bits per heavy atom. The lowest BCUT2D eigenvalue weighted by Gasteiger charge is -2.14. The molecule has 2 unspecified atom stereocenters. The zero-order valence-electron chi connectivity index (χ0n) is 14.1. The normalized spacial score (nSPS) is 13.0. The van der Waals surface area contributed by atoms with Crippen molar-refractivity contribution in [1.82, 2.24) is 0 Å². The summed E-state index contributed by atoms with van der Waals surface area (Å²) in [5.74, 6) is -3.46. The van der Waals surface area contributed by atoms with Crippen molar-refractivity contribution in [1.29, 1.82) is 0 Å². The summed E-state index contributed by atoms with van der Waals surface area (Å²) in [5, 5.41) is 18.6. The highest BCUT2D eigenvalue weighted by Gasteiger charge is 2.24. The molecule has 0 fully saturated rings. The van der Waals surface area contributed by atoms with Crippen molar-refractivity contribution >= 4 is 23.5 Å². The maximum atomic E-state index is 13.3. The van der Waals surface area contributed by atoms with Crippen LogP contribution in [0.3, 0.4) is 0 Å². The number of hydrogen-bond acceptors (Lipinski definition) is 7. The van der Waals surface area contributed by atoms with E-state index in [2.05, 4.69) is 4.74 Å². The van der Waals surface area contributed by atoms with E-state index in [0.29, 0.717) is 11.1 Å². The minimum Gasteiger partial charge on any atom is -0.506 e. The first-order chi connectivity index (χ1) is 12.7. The molecule has 2 atom stereocenters. The molecule has 7 nitrogen and oxygen atoms in total. The molecule has 27 heavy (non-hydrogen) atoms. The summed E-state index contributed by atoms with van der Waals surface area (Å²) in [5.41, 5.74) is 12.3. The quantitative estimate of drug-likeness (QED) is 0.428. The van der Waals surface area contributed by atoms with Crippen LogP contribution in [0.4, 0.5) is 4.39 Å². The van der Waals surface area contributed by atoms with E-state index in [1.807, 2.05) is 0 Å². The molecule has 0 aliphatic rings. The van der Waals surface area contributed by atoms with Crippen molar-refractivity contribution in [3.05, 3.63) is 58.4 Å². The molecular formula is C18H18ClFN2O5. The monoisotopic (exact) mass is 396 g/mol. The number of carbonyl (C=O) groups excluding carboxylic acids is 2. The molecule has 0 aliphatic carbocycles. The molecule has 144 valence electrons. The molecule has 2 rings (SSSR count). The van der Waals surface area contributed by atoms with Crippen LogP contribution in [-0.4, -0.2) is 34.2 Å². The minimum atomic E-state index is -1.21. The molecule has 0 radical (unpaired) electrons. The van der Waals surface area contributed by atoms with Crippen LogP contribution in [-0.2, 0) is 27.2 Å². The van der Waals surface area contributed by atoms with Crippen molar-refractivity contribution in [2.24, 2.45) is 11.5 Å². The van der Waals surface area contributed by atoms with Crippen LogP contribution in [0.15, 0.2) is 36.4 Å². The second kappa shape index (κ2) is 8.81. The van der Waals surface area contributed by atoms with Crippen LogP contribution < -0.4 is 11.5 Å². The lowest BCUT2D eigenvalue weighted by Crippen LogP contribution is -2.41. The highest BCUT2D eigenvalue weighted by atomic mass is 35.5. The average Bonchev–Trinajstić information content (AvgIpc) is 2.61. The van der Waals surface area contributed by atoms with Gasteiger partial charge in [-0.3, -0.25) is 0 Å². The van der Waals surface area contributed by atoms with Gasteiger partial charge in [-0.1, -0.05) is 23.7 Å². The van der Waals surface area contributed by atoms with Crippen LogP contribution >= 0.6 is 11.6 Å². The first kappa shape index (κ1) is 20.6. The number of carbonyl (C=O) groups is 2. The number of hydrogen-bond donors (Lipinski definition) is 4. The average molecular weight is 397 g/mol. The van der Waals surface area contributed by atoms with E-state index in [0.717, 1.165) is 12.1 Å². The summed E-state index contributed by atoms with van der Waals surface area (Å²) in [6.07, 6.45) is -0.0589. The standard InChI is InChI=1S/C18H18ClFN2O5/c19-11-5-9(1-3-15(11)23)7-13(21)17(25)27-18(26)14(22)8-10-2-4-16(24)12(20)6-10/h1-6,13-14,23-24H,7-8,21-22H2. The van der Waals surface area contributed by atoms with Crippen molar-refractivity contribution < 1.29 is 28.9 Å². The number of phenols is 2. The van der Waals surface area contributed by atoms with Gasteiger partial charge in [-0.2, -0.15) is 0 Å². The van der Waals surface area contributed by atoms with Gasteiger partial charge in [0, 0.05) is 0 Å². The van der Waals surface area contributed by atoms with Crippen LogP contribution in [0.2, 0.25) is 5.02 Å². The molecule has 0 spiro atoms. The molecule has 0 saturated heterocycles. The van der Waals surface area contributed by atoms with Crippen molar-refractivity contribution in [2.75, 3.05) is 0 Å². The van der Waals surface area contributed by atoms with Crippen molar-refractivity contribution in [3.8, 4) is 11.5 Å². The first-order valence-electron chi connectivity index (χ1n) is 7.89. The molecule has 0 saturated carbocycles. The number of ether oxygens (including phenoxy) is 1. The fourth-order valence-electron chi connectivity index (χ4n) is 2.28. The van der Waals surface area contributed by atoms with Gasteiger partial charge in [0.15, 0.2) is 11.6 Å². The molecule has 0 heterocycles. The predicted octanol–water partition coefficient (Wildman–Crippen LogP) is 1.40. The summed E-state index contributed by atoms with van der Waals surface area (Å²) in [7, 11) is 0. The zero-order chi connectivity index (χ0) is 20.1. The Kier molecular flexibility index (Phi) is 6.73. The van der Waals surface area contributed by atoms with Gasteiger partial charge < -0.3 is 26.4 Å². The number of phenolic OH excluding ortho intramolecular Hbond substituents is 2. The van der Waals surface area contributed by atoms with E-state index in [1.54, 1.807) is 0 Å². The Morgan fingerprint density at radius 1 is 0.963 bits per heavy atom. The van der Waals surface area contributed by atoms with E-state index < -0.39 is 35.6 Å². The van der Waals surface area contributed by atoms with E-state index in [1.165, 1.54) is 24.3 Å². The number of halogens is 2. The van der Waals surface area contributed by atoms with Gasteiger partial charge in [0.2, 0.25) is 0 Å². The third-order valence-corrected chi connectivity index (χ3v) is 4.04. The third-order valence-electron chi connectivity index (χ3n) is 3.74. The number of rotatable bonds is 6. The third kappa shape index (κ3) is 5.65. The van der Waals surface area contributed by atoms with Gasteiger partial charge >= 0.3 is 11.9 Å². The molecule has 0 amide bonds. The number of esters is 2. The largest absolute Gasteiger partial charge is 0.506 e. The van der Waals surface area contributed by atoms with E-state index >= 15 is 0 Å². The van der Waals surface area contributed by atoms with Crippen molar-refractivity contribution in [3.63, 3.8) is 0 Å². The highest BCUT2D eigenvalue weighted by Crippen LogP contribution is 2.24. The number of aromatic hydroxyl groups is 2. The maximum absolute atomic E-state index is 13.3. The van der Waals surface area contributed by atoms with Crippen LogP contribution in [0, 0.1) is 5.82 Å².